The number of nitrogens with zero attached hydrogens (tertiary/aromatic N) is 1. The Morgan fingerprint density at radius 3 is 2.57 bits per heavy atom. The van der Waals surface area contributed by atoms with E-state index in [1.165, 1.54) is 5.56 Å². The number of rotatable bonds is 2. The first-order valence-corrected chi connectivity index (χ1v) is 7.49. The molecule has 0 unspecified atom stereocenters. The number of ether oxygens (including phenoxy) is 1. The van der Waals surface area contributed by atoms with E-state index in [1.54, 1.807) is 4.90 Å². The third-order valence-electron chi connectivity index (χ3n) is 3.86. The molecule has 116 valence electrons. The van der Waals surface area contributed by atoms with Crippen LogP contribution in [-0.4, -0.2) is 34.3 Å². The monoisotopic (exact) mass is 291 g/mol. The fourth-order valence-corrected chi connectivity index (χ4v) is 2.70. The smallest absolute Gasteiger partial charge is 0.410 e. The molecule has 2 rings (SSSR count). The molecule has 0 aliphatic carbocycles. The summed E-state index contributed by atoms with van der Waals surface area (Å²) in [7, 11) is 0. The van der Waals surface area contributed by atoms with Crippen LogP contribution in [0.2, 0.25) is 0 Å². The van der Waals surface area contributed by atoms with E-state index in [0.29, 0.717) is 6.54 Å². The summed E-state index contributed by atoms with van der Waals surface area (Å²) < 4.78 is 5.52. The number of hydrogen-bond donors (Lipinski definition) is 1. The molecule has 0 saturated heterocycles. The van der Waals surface area contributed by atoms with Gasteiger partial charge >= 0.3 is 6.09 Å². The zero-order chi connectivity index (χ0) is 15.6. The van der Waals surface area contributed by atoms with E-state index in [-0.39, 0.29) is 24.7 Å². The summed E-state index contributed by atoms with van der Waals surface area (Å²) in [5, 5.41) is 9.49. The van der Waals surface area contributed by atoms with Crippen molar-refractivity contribution in [2.24, 2.45) is 5.92 Å². The first-order valence-electron chi connectivity index (χ1n) is 7.49. The van der Waals surface area contributed by atoms with Gasteiger partial charge in [0.05, 0.1) is 0 Å². The van der Waals surface area contributed by atoms with Gasteiger partial charge in [0.2, 0.25) is 0 Å². The number of carbonyl (C=O) groups is 1. The minimum atomic E-state index is -0.513. The van der Waals surface area contributed by atoms with Gasteiger partial charge in [-0.05, 0) is 38.3 Å². The number of carbonyl (C=O) groups excluding carboxylic acids is 1. The van der Waals surface area contributed by atoms with Gasteiger partial charge in [-0.2, -0.15) is 0 Å². The van der Waals surface area contributed by atoms with Crippen LogP contribution in [0.4, 0.5) is 4.79 Å². The Balaban J connectivity index is 2.26. The minimum Gasteiger partial charge on any atom is -0.444 e. The van der Waals surface area contributed by atoms with Crippen LogP contribution >= 0.6 is 0 Å². The van der Waals surface area contributed by atoms with Crippen LogP contribution in [0.5, 0.6) is 0 Å². The van der Waals surface area contributed by atoms with E-state index < -0.39 is 5.60 Å². The molecule has 0 fully saturated rings. The third kappa shape index (κ3) is 3.76. The third-order valence-corrected chi connectivity index (χ3v) is 3.86. The molecule has 4 heteroatoms. The van der Waals surface area contributed by atoms with Crippen molar-refractivity contribution in [1.82, 2.24) is 4.90 Å². The lowest BCUT2D eigenvalue weighted by molar-refractivity contribution is 0.00155. The number of amides is 1. The molecule has 0 radical (unpaired) electrons. The molecule has 4 nitrogen and oxygen atoms in total. The molecule has 1 heterocycles. The molecule has 1 aromatic rings. The van der Waals surface area contributed by atoms with Crippen molar-refractivity contribution < 1.29 is 14.6 Å². The standard InChI is InChI=1S/C17H25NO3/c1-12(11-19)15-9-13-7-5-6-8-14(13)10-18(15)16(20)21-17(2,3)4/h5-8,12,15,19H,9-11H2,1-4H3/t12-,15-/m0/s1. The molecule has 1 amide bonds. The van der Waals surface area contributed by atoms with E-state index >= 15 is 0 Å². The minimum absolute atomic E-state index is 0.0193. The Hall–Kier alpha value is -1.55. The second-order valence-corrected chi connectivity index (χ2v) is 6.81. The van der Waals surface area contributed by atoms with Crippen molar-refractivity contribution in [2.75, 3.05) is 6.61 Å². The summed E-state index contributed by atoms with van der Waals surface area (Å²) in [5.74, 6) is 0.0193. The Labute approximate surface area is 126 Å². The fourth-order valence-electron chi connectivity index (χ4n) is 2.70. The predicted molar refractivity (Wildman–Crippen MR) is 82.0 cm³/mol. The van der Waals surface area contributed by atoms with Crippen LogP contribution < -0.4 is 0 Å². The lowest BCUT2D eigenvalue weighted by Gasteiger charge is -2.40. The van der Waals surface area contributed by atoms with E-state index in [0.717, 1.165) is 12.0 Å². The number of fused-ring (bicyclic) bond motifs is 1. The Kier molecular flexibility index (Phi) is 4.57. The predicted octanol–water partition coefficient (Wildman–Crippen LogP) is 2.98. The summed E-state index contributed by atoms with van der Waals surface area (Å²) in [5.41, 5.74) is 1.90. The van der Waals surface area contributed by atoms with Gasteiger partial charge in [-0.15, -0.1) is 0 Å². The Morgan fingerprint density at radius 2 is 2.00 bits per heavy atom. The van der Waals surface area contributed by atoms with Gasteiger partial charge in [0.25, 0.3) is 0 Å². The average Bonchev–Trinajstić information content (AvgIpc) is 2.43. The highest BCUT2D eigenvalue weighted by Gasteiger charge is 2.35. The second-order valence-electron chi connectivity index (χ2n) is 6.81. The van der Waals surface area contributed by atoms with Crippen LogP contribution in [0.3, 0.4) is 0 Å². The lowest BCUT2D eigenvalue weighted by atomic mass is 9.88. The topological polar surface area (TPSA) is 49.8 Å². The molecular weight excluding hydrogens is 266 g/mol. The Morgan fingerprint density at radius 1 is 1.38 bits per heavy atom. The molecule has 2 atom stereocenters. The van der Waals surface area contributed by atoms with Gasteiger partial charge in [0.15, 0.2) is 0 Å². The largest absolute Gasteiger partial charge is 0.444 e. The van der Waals surface area contributed by atoms with Gasteiger partial charge in [0, 0.05) is 25.1 Å². The first kappa shape index (κ1) is 15.8. The molecule has 0 aromatic heterocycles. The highest BCUT2D eigenvalue weighted by atomic mass is 16.6. The molecule has 0 bridgehead atoms. The van der Waals surface area contributed by atoms with Crippen LogP contribution in [0.25, 0.3) is 0 Å². The highest BCUT2D eigenvalue weighted by Crippen LogP contribution is 2.28. The summed E-state index contributed by atoms with van der Waals surface area (Å²) >= 11 is 0. The van der Waals surface area contributed by atoms with Gasteiger partial charge in [-0.1, -0.05) is 31.2 Å². The molecule has 21 heavy (non-hydrogen) atoms. The van der Waals surface area contributed by atoms with Crippen molar-refractivity contribution in [3.8, 4) is 0 Å². The van der Waals surface area contributed by atoms with Gasteiger partial charge in [-0.3, -0.25) is 0 Å². The van der Waals surface area contributed by atoms with Crippen molar-refractivity contribution in [2.45, 2.75) is 52.3 Å². The fraction of sp³-hybridized carbons (Fsp3) is 0.588. The average molecular weight is 291 g/mol. The van der Waals surface area contributed by atoms with Crippen molar-refractivity contribution in [1.29, 1.82) is 0 Å². The number of aliphatic hydroxyl groups is 1. The maximum absolute atomic E-state index is 12.5. The van der Waals surface area contributed by atoms with E-state index in [2.05, 4.69) is 6.07 Å². The second kappa shape index (κ2) is 6.06. The maximum Gasteiger partial charge on any atom is 0.410 e. The molecular formula is C17H25NO3. The Bertz CT molecular complexity index is 507. The van der Waals surface area contributed by atoms with Gasteiger partial charge < -0.3 is 14.7 Å². The molecule has 1 N–H and O–H groups in total. The zero-order valence-corrected chi connectivity index (χ0v) is 13.3. The van der Waals surface area contributed by atoms with Crippen LogP contribution in [0.15, 0.2) is 24.3 Å². The molecule has 0 spiro atoms. The van der Waals surface area contributed by atoms with Crippen molar-refractivity contribution in [3.05, 3.63) is 35.4 Å². The first-order chi connectivity index (χ1) is 9.81. The quantitative estimate of drug-likeness (QED) is 0.911. The molecule has 1 aliphatic rings. The number of aliphatic hydroxyl groups excluding tert-OH is 1. The van der Waals surface area contributed by atoms with Crippen LogP contribution in [0, 0.1) is 5.92 Å². The number of benzene rings is 1. The van der Waals surface area contributed by atoms with Crippen molar-refractivity contribution >= 4 is 6.09 Å². The normalized spacial score (nSPS) is 19.9. The molecule has 1 aliphatic heterocycles. The van der Waals surface area contributed by atoms with E-state index in [9.17, 15) is 9.90 Å². The molecule has 1 aromatic carbocycles. The van der Waals surface area contributed by atoms with E-state index in [1.807, 2.05) is 45.9 Å². The SMILES string of the molecule is C[C@@H](CO)[C@@H]1Cc2ccccc2CN1C(=O)OC(C)(C)C. The van der Waals surface area contributed by atoms with Crippen LogP contribution in [-0.2, 0) is 17.7 Å². The summed E-state index contributed by atoms with van der Waals surface area (Å²) in [4.78, 5) is 14.2. The molecule has 0 saturated carbocycles. The van der Waals surface area contributed by atoms with Gasteiger partial charge in [0.1, 0.15) is 5.60 Å². The van der Waals surface area contributed by atoms with E-state index in [4.69, 9.17) is 4.74 Å². The summed E-state index contributed by atoms with van der Waals surface area (Å²) in [6.07, 6.45) is 0.458. The highest BCUT2D eigenvalue weighted by molar-refractivity contribution is 5.69. The van der Waals surface area contributed by atoms with Gasteiger partial charge in [-0.25, -0.2) is 4.79 Å². The maximum atomic E-state index is 12.5. The lowest BCUT2D eigenvalue weighted by Crippen LogP contribution is -2.50. The zero-order valence-electron chi connectivity index (χ0n) is 13.3. The van der Waals surface area contributed by atoms with Crippen LogP contribution in [0.1, 0.15) is 38.8 Å². The summed E-state index contributed by atoms with van der Waals surface area (Å²) in [6.45, 7) is 8.18. The van der Waals surface area contributed by atoms with Crippen molar-refractivity contribution in [3.63, 3.8) is 0 Å². The summed E-state index contributed by atoms with van der Waals surface area (Å²) in [6, 6.07) is 8.12. The number of hydrogen-bond acceptors (Lipinski definition) is 3.